The Morgan fingerprint density at radius 3 is 2.52 bits per heavy atom. The van der Waals surface area contributed by atoms with E-state index in [9.17, 15) is 8.78 Å². The summed E-state index contributed by atoms with van der Waals surface area (Å²) in [6, 6.07) is 8.88. The van der Waals surface area contributed by atoms with Gasteiger partial charge in [-0.1, -0.05) is 6.07 Å². The number of hydrogen-bond acceptors (Lipinski definition) is 2. The molecule has 0 fully saturated rings. The predicted octanol–water partition coefficient (Wildman–Crippen LogP) is 4.40. The molecular formula is C17H12F2N2. The highest BCUT2D eigenvalue weighted by Crippen LogP contribution is 2.27. The zero-order valence-corrected chi connectivity index (χ0v) is 11.3. The van der Waals surface area contributed by atoms with Gasteiger partial charge in [0.2, 0.25) is 0 Å². The van der Waals surface area contributed by atoms with Crippen LogP contribution < -0.4 is 0 Å². The lowest BCUT2D eigenvalue weighted by atomic mass is 10.0. The number of aromatic nitrogens is 2. The molecule has 0 aliphatic rings. The number of nitrogens with zero attached hydrogens (tertiary/aromatic N) is 2. The van der Waals surface area contributed by atoms with E-state index in [0.29, 0.717) is 5.69 Å². The van der Waals surface area contributed by atoms with E-state index in [1.807, 2.05) is 19.1 Å². The minimum absolute atomic E-state index is 0.163. The molecule has 0 unspecified atom stereocenters. The van der Waals surface area contributed by atoms with Crippen LogP contribution in [0.15, 0.2) is 55.0 Å². The average Bonchev–Trinajstić information content (AvgIpc) is 2.50. The fourth-order valence-corrected chi connectivity index (χ4v) is 2.22. The lowest BCUT2D eigenvalue weighted by molar-refractivity contribution is 0.602. The normalized spacial score (nSPS) is 10.6. The molecule has 0 saturated carbocycles. The Morgan fingerprint density at radius 1 is 0.952 bits per heavy atom. The summed E-state index contributed by atoms with van der Waals surface area (Å²) in [6.45, 7) is 1.91. The standard InChI is InChI=1S/C17H12F2N2/c1-11-7-17(14-8-13(18)4-5-16(14)19)21-10-15(11)12-3-2-6-20-9-12/h2-10H,1H3. The van der Waals surface area contributed by atoms with E-state index in [1.54, 1.807) is 24.7 Å². The molecule has 0 radical (unpaired) electrons. The molecule has 0 spiro atoms. The van der Waals surface area contributed by atoms with Crippen LogP contribution in [0.1, 0.15) is 5.56 Å². The number of aryl methyl sites for hydroxylation is 1. The first kappa shape index (κ1) is 13.4. The maximum absolute atomic E-state index is 13.8. The van der Waals surface area contributed by atoms with Crippen molar-refractivity contribution in [1.82, 2.24) is 9.97 Å². The van der Waals surface area contributed by atoms with Crippen molar-refractivity contribution >= 4 is 0 Å². The number of hydrogen-bond donors (Lipinski definition) is 0. The molecule has 0 atom stereocenters. The smallest absolute Gasteiger partial charge is 0.132 e. The molecule has 0 bridgehead atoms. The van der Waals surface area contributed by atoms with E-state index in [2.05, 4.69) is 9.97 Å². The van der Waals surface area contributed by atoms with Crippen LogP contribution in [0.2, 0.25) is 0 Å². The van der Waals surface area contributed by atoms with Crippen molar-refractivity contribution < 1.29 is 8.78 Å². The molecule has 0 N–H and O–H groups in total. The second-order valence-corrected chi connectivity index (χ2v) is 4.75. The van der Waals surface area contributed by atoms with Gasteiger partial charge >= 0.3 is 0 Å². The first-order valence-electron chi connectivity index (χ1n) is 6.47. The first-order valence-corrected chi connectivity index (χ1v) is 6.47. The Balaban J connectivity index is 2.08. The molecule has 21 heavy (non-hydrogen) atoms. The van der Waals surface area contributed by atoms with Crippen LogP contribution in [0, 0.1) is 18.6 Å². The van der Waals surface area contributed by atoms with E-state index in [4.69, 9.17) is 0 Å². The molecule has 104 valence electrons. The fraction of sp³-hybridized carbons (Fsp3) is 0.0588. The Labute approximate surface area is 121 Å². The van der Waals surface area contributed by atoms with Crippen LogP contribution in [0.4, 0.5) is 8.78 Å². The van der Waals surface area contributed by atoms with Gasteiger partial charge in [-0.3, -0.25) is 9.97 Å². The first-order chi connectivity index (χ1) is 10.1. The summed E-state index contributed by atoms with van der Waals surface area (Å²) in [7, 11) is 0. The Bertz CT molecular complexity index is 786. The molecular weight excluding hydrogens is 270 g/mol. The molecule has 2 heterocycles. The number of halogens is 2. The van der Waals surface area contributed by atoms with Crippen LogP contribution in [0.5, 0.6) is 0 Å². The number of benzene rings is 1. The Hall–Kier alpha value is -2.62. The summed E-state index contributed by atoms with van der Waals surface area (Å²) < 4.78 is 27.1. The highest BCUT2D eigenvalue weighted by Gasteiger charge is 2.10. The maximum Gasteiger partial charge on any atom is 0.132 e. The summed E-state index contributed by atoms with van der Waals surface area (Å²) in [6.07, 6.45) is 5.10. The van der Waals surface area contributed by atoms with Crippen molar-refractivity contribution in [3.8, 4) is 22.4 Å². The van der Waals surface area contributed by atoms with Gasteiger partial charge in [-0.15, -0.1) is 0 Å². The summed E-state index contributed by atoms with van der Waals surface area (Å²) in [5.74, 6) is -0.973. The topological polar surface area (TPSA) is 25.8 Å². The van der Waals surface area contributed by atoms with E-state index in [0.717, 1.165) is 34.9 Å². The SMILES string of the molecule is Cc1cc(-c2cc(F)ccc2F)ncc1-c1cccnc1. The van der Waals surface area contributed by atoms with Gasteiger partial charge < -0.3 is 0 Å². The second-order valence-electron chi connectivity index (χ2n) is 4.75. The molecule has 3 aromatic rings. The molecule has 2 aromatic heterocycles. The molecule has 4 heteroatoms. The molecule has 0 saturated heterocycles. The molecule has 3 rings (SSSR count). The molecule has 1 aromatic carbocycles. The van der Waals surface area contributed by atoms with Gasteiger partial charge in [-0.2, -0.15) is 0 Å². The third-order valence-electron chi connectivity index (χ3n) is 3.29. The zero-order chi connectivity index (χ0) is 14.8. The number of rotatable bonds is 2. The van der Waals surface area contributed by atoms with Crippen LogP contribution in [0.3, 0.4) is 0 Å². The molecule has 0 amide bonds. The van der Waals surface area contributed by atoms with Crippen molar-refractivity contribution in [3.05, 3.63) is 72.2 Å². The highest BCUT2D eigenvalue weighted by molar-refractivity contribution is 5.70. The minimum Gasteiger partial charge on any atom is -0.264 e. The van der Waals surface area contributed by atoms with Crippen molar-refractivity contribution in [2.24, 2.45) is 0 Å². The van der Waals surface area contributed by atoms with Crippen LogP contribution >= 0.6 is 0 Å². The highest BCUT2D eigenvalue weighted by atomic mass is 19.1. The van der Waals surface area contributed by atoms with Gasteiger partial charge in [0.1, 0.15) is 11.6 Å². The largest absolute Gasteiger partial charge is 0.264 e. The molecule has 0 aliphatic heterocycles. The van der Waals surface area contributed by atoms with Gasteiger partial charge in [0, 0.05) is 35.3 Å². The third kappa shape index (κ3) is 2.65. The molecule has 2 nitrogen and oxygen atoms in total. The second kappa shape index (κ2) is 5.40. The third-order valence-corrected chi connectivity index (χ3v) is 3.29. The predicted molar refractivity (Wildman–Crippen MR) is 77.6 cm³/mol. The van der Waals surface area contributed by atoms with E-state index in [-0.39, 0.29) is 5.56 Å². The lowest BCUT2D eigenvalue weighted by Gasteiger charge is -2.08. The minimum atomic E-state index is -0.488. The maximum atomic E-state index is 13.8. The Kier molecular flexibility index (Phi) is 3.44. The fourth-order valence-electron chi connectivity index (χ4n) is 2.22. The van der Waals surface area contributed by atoms with Gasteiger partial charge in [0.15, 0.2) is 0 Å². The zero-order valence-electron chi connectivity index (χ0n) is 11.3. The van der Waals surface area contributed by atoms with Crippen molar-refractivity contribution in [2.45, 2.75) is 6.92 Å². The average molecular weight is 282 g/mol. The summed E-state index contributed by atoms with van der Waals surface area (Å²) in [4.78, 5) is 8.32. The van der Waals surface area contributed by atoms with Crippen LogP contribution in [0.25, 0.3) is 22.4 Å². The monoisotopic (exact) mass is 282 g/mol. The van der Waals surface area contributed by atoms with Crippen LogP contribution in [-0.2, 0) is 0 Å². The van der Waals surface area contributed by atoms with Gasteiger partial charge in [-0.25, -0.2) is 8.78 Å². The van der Waals surface area contributed by atoms with E-state index < -0.39 is 11.6 Å². The quantitative estimate of drug-likeness (QED) is 0.696. The Morgan fingerprint density at radius 2 is 1.81 bits per heavy atom. The van der Waals surface area contributed by atoms with Gasteiger partial charge in [0.05, 0.1) is 5.69 Å². The summed E-state index contributed by atoms with van der Waals surface area (Å²) in [5, 5.41) is 0. The van der Waals surface area contributed by atoms with Gasteiger partial charge in [0.25, 0.3) is 0 Å². The number of pyridine rings is 2. The van der Waals surface area contributed by atoms with Crippen LogP contribution in [-0.4, -0.2) is 9.97 Å². The van der Waals surface area contributed by atoms with Gasteiger partial charge in [-0.05, 0) is 42.8 Å². The van der Waals surface area contributed by atoms with Crippen molar-refractivity contribution in [3.63, 3.8) is 0 Å². The van der Waals surface area contributed by atoms with Crippen molar-refractivity contribution in [2.75, 3.05) is 0 Å². The van der Waals surface area contributed by atoms with Crippen molar-refractivity contribution in [1.29, 1.82) is 0 Å². The summed E-state index contributed by atoms with van der Waals surface area (Å²) >= 11 is 0. The lowest BCUT2D eigenvalue weighted by Crippen LogP contribution is -1.93. The van der Waals surface area contributed by atoms with E-state index >= 15 is 0 Å². The summed E-state index contributed by atoms with van der Waals surface area (Å²) in [5.41, 5.74) is 3.36. The van der Waals surface area contributed by atoms with E-state index in [1.165, 1.54) is 0 Å². The molecule has 0 aliphatic carbocycles.